The van der Waals surface area contributed by atoms with Gasteiger partial charge in [-0.3, -0.25) is 10.2 Å². The van der Waals surface area contributed by atoms with Crippen molar-refractivity contribution in [3.8, 4) is 5.75 Å². The molecule has 3 N–H and O–H groups in total. The number of hydrogen-bond acceptors (Lipinski definition) is 3. The molecule has 0 fully saturated rings. The van der Waals surface area contributed by atoms with Gasteiger partial charge in [-0.05, 0) is 24.5 Å². The number of hydrazine groups is 1. The Morgan fingerprint density at radius 2 is 2.29 bits per heavy atom. The lowest BCUT2D eigenvalue weighted by Crippen LogP contribution is -2.41. The van der Waals surface area contributed by atoms with E-state index in [0.29, 0.717) is 18.6 Å². The van der Waals surface area contributed by atoms with E-state index in [9.17, 15) is 4.79 Å². The first-order valence-electron chi connectivity index (χ1n) is 5.58. The molecular formula is C13H18N2O2. The maximum atomic E-state index is 11.4. The molecule has 0 spiro atoms. The smallest absolute Gasteiger partial charge is 0.274 e. The van der Waals surface area contributed by atoms with E-state index in [1.165, 1.54) is 0 Å². The number of benzene rings is 1. The van der Waals surface area contributed by atoms with Crippen LogP contribution in [0.15, 0.2) is 36.9 Å². The molecule has 0 heterocycles. The SMILES string of the molecule is C=CCc1ccccc1O[C@@H](CC)C(=O)NN. The molecule has 0 saturated heterocycles. The standard InChI is InChI=1S/C13H18N2O2/c1-3-7-10-8-5-6-9-12(10)17-11(4-2)13(16)15-14/h3,5-6,8-9,11H,1,4,7,14H2,2H3,(H,15,16)/t11-/m0/s1. The summed E-state index contributed by atoms with van der Waals surface area (Å²) in [6, 6.07) is 7.58. The van der Waals surface area contributed by atoms with Crippen molar-refractivity contribution in [3.05, 3.63) is 42.5 Å². The van der Waals surface area contributed by atoms with Gasteiger partial charge in [-0.15, -0.1) is 6.58 Å². The van der Waals surface area contributed by atoms with Crippen LogP contribution in [0.4, 0.5) is 0 Å². The fourth-order valence-electron chi connectivity index (χ4n) is 1.51. The number of ether oxygens (including phenoxy) is 1. The highest BCUT2D eigenvalue weighted by Gasteiger charge is 2.17. The molecule has 4 nitrogen and oxygen atoms in total. The van der Waals surface area contributed by atoms with Crippen LogP contribution in [0.2, 0.25) is 0 Å². The van der Waals surface area contributed by atoms with E-state index in [0.717, 1.165) is 5.56 Å². The number of nitrogens with two attached hydrogens (primary N) is 1. The molecule has 1 aromatic carbocycles. The molecule has 4 heteroatoms. The molecular weight excluding hydrogens is 216 g/mol. The van der Waals surface area contributed by atoms with Crippen LogP contribution in [0, 0.1) is 0 Å². The van der Waals surface area contributed by atoms with Gasteiger partial charge in [0.1, 0.15) is 5.75 Å². The van der Waals surface area contributed by atoms with E-state index in [1.54, 1.807) is 6.08 Å². The number of nitrogens with one attached hydrogen (secondary N) is 1. The van der Waals surface area contributed by atoms with E-state index in [4.69, 9.17) is 10.6 Å². The van der Waals surface area contributed by atoms with Gasteiger partial charge in [0, 0.05) is 0 Å². The summed E-state index contributed by atoms with van der Waals surface area (Å²) >= 11 is 0. The first-order chi connectivity index (χ1) is 8.22. The third-order valence-electron chi connectivity index (χ3n) is 2.41. The first-order valence-corrected chi connectivity index (χ1v) is 5.58. The largest absolute Gasteiger partial charge is 0.480 e. The molecule has 92 valence electrons. The van der Waals surface area contributed by atoms with Crippen LogP contribution in [-0.4, -0.2) is 12.0 Å². The Labute approximate surface area is 101 Å². The number of hydrogen-bond donors (Lipinski definition) is 2. The molecule has 0 aliphatic heterocycles. The molecule has 1 aromatic rings. The van der Waals surface area contributed by atoms with E-state index in [-0.39, 0.29) is 5.91 Å². The fraction of sp³-hybridized carbons (Fsp3) is 0.308. The Hall–Kier alpha value is -1.81. The summed E-state index contributed by atoms with van der Waals surface area (Å²) in [6.07, 6.45) is 2.50. The van der Waals surface area contributed by atoms with Gasteiger partial charge < -0.3 is 4.74 Å². The van der Waals surface area contributed by atoms with Crippen molar-refractivity contribution >= 4 is 5.91 Å². The predicted octanol–water partition coefficient (Wildman–Crippen LogP) is 1.56. The van der Waals surface area contributed by atoms with Crippen molar-refractivity contribution in [1.82, 2.24) is 5.43 Å². The first kappa shape index (κ1) is 13.3. The number of carbonyl (C=O) groups is 1. The van der Waals surface area contributed by atoms with Crippen LogP contribution < -0.4 is 16.0 Å². The van der Waals surface area contributed by atoms with Crippen LogP contribution >= 0.6 is 0 Å². The average molecular weight is 234 g/mol. The van der Waals surface area contributed by atoms with Crippen molar-refractivity contribution in [2.45, 2.75) is 25.9 Å². The molecule has 1 amide bonds. The summed E-state index contributed by atoms with van der Waals surface area (Å²) in [5.41, 5.74) is 3.11. The summed E-state index contributed by atoms with van der Waals surface area (Å²) in [5.74, 6) is 5.48. The Balaban J connectivity index is 2.85. The lowest BCUT2D eigenvalue weighted by molar-refractivity contribution is -0.128. The van der Waals surface area contributed by atoms with Gasteiger partial charge in [-0.1, -0.05) is 31.2 Å². The second-order valence-electron chi connectivity index (χ2n) is 3.62. The molecule has 0 unspecified atom stereocenters. The predicted molar refractivity (Wildman–Crippen MR) is 67.4 cm³/mol. The second-order valence-corrected chi connectivity index (χ2v) is 3.62. The highest BCUT2D eigenvalue weighted by atomic mass is 16.5. The number of rotatable bonds is 6. The molecule has 0 aliphatic carbocycles. The zero-order chi connectivity index (χ0) is 12.7. The van der Waals surface area contributed by atoms with E-state index in [1.807, 2.05) is 31.2 Å². The second kappa shape index (κ2) is 6.70. The molecule has 0 saturated carbocycles. The summed E-state index contributed by atoms with van der Waals surface area (Å²) in [5, 5.41) is 0. The minimum absolute atomic E-state index is 0.319. The normalized spacial score (nSPS) is 11.6. The maximum Gasteiger partial charge on any atom is 0.274 e. The number of carbonyl (C=O) groups excluding carboxylic acids is 1. The van der Waals surface area contributed by atoms with E-state index < -0.39 is 6.10 Å². The average Bonchev–Trinajstić information content (AvgIpc) is 2.37. The Morgan fingerprint density at radius 1 is 1.59 bits per heavy atom. The molecule has 0 bridgehead atoms. The van der Waals surface area contributed by atoms with Crippen molar-refractivity contribution in [2.24, 2.45) is 5.84 Å². The van der Waals surface area contributed by atoms with E-state index in [2.05, 4.69) is 12.0 Å². The maximum absolute atomic E-state index is 11.4. The molecule has 17 heavy (non-hydrogen) atoms. The van der Waals surface area contributed by atoms with Crippen LogP contribution in [0.5, 0.6) is 5.75 Å². The monoisotopic (exact) mass is 234 g/mol. The summed E-state index contributed by atoms with van der Waals surface area (Å²) < 4.78 is 5.66. The lowest BCUT2D eigenvalue weighted by atomic mass is 10.1. The molecule has 0 radical (unpaired) electrons. The topological polar surface area (TPSA) is 64.3 Å². The van der Waals surface area contributed by atoms with E-state index >= 15 is 0 Å². The Morgan fingerprint density at radius 3 is 2.88 bits per heavy atom. The van der Waals surface area contributed by atoms with Crippen LogP contribution in [0.3, 0.4) is 0 Å². The zero-order valence-corrected chi connectivity index (χ0v) is 9.98. The Bertz CT molecular complexity index is 391. The summed E-state index contributed by atoms with van der Waals surface area (Å²) in [7, 11) is 0. The minimum Gasteiger partial charge on any atom is -0.480 e. The highest BCUT2D eigenvalue weighted by Crippen LogP contribution is 2.20. The molecule has 1 atom stereocenters. The summed E-state index contributed by atoms with van der Waals surface area (Å²) in [6.45, 7) is 5.56. The van der Waals surface area contributed by atoms with Gasteiger partial charge in [0.2, 0.25) is 0 Å². The molecule has 0 aromatic heterocycles. The van der Waals surface area contributed by atoms with Gasteiger partial charge in [0.05, 0.1) is 0 Å². The van der Waals surface area contributed by atoms with Crippen molar-refractivity contribution in [1.29, 1.82) is 0 Å². The van der Waals surface area contributed by atoms with Gasteiger partial charge in [0.25, 0.3) is 5.91 Å². The van der Waals surface area contributed by atoms with Crippen LogP contribution in [-0.2, 0) is 11.2 Å². The van der Waals surface area contributed by atoms with Gasteiger partial charge in [-0.25, -0.2) is 5.84 Å². The highest BCUT2D eigenvalue weighted by molar-refractivity contribution is 5.80. The van der Waals surface area contributed by atoms with Crippen LogP contribution in [0.1, 0.15) is 18.9 Å². The van der Waals surface area contributed by atoms with Crippen molar-refractivity contribution in [3.63, 3.8) is 0 Å². The molecule has 1 rings (SSSR count). The van der Waals surface area contributed by atoms with Gasteiger partial charge in [-0.2, -0.15) is 0 Å². The number of para-hydroxylation sites is 1. The number of allylic oxidation sites excluding steroid dienone is 1. The quantitative estimate of drug-likeness (QED) is 0.340. The third-order valence-corrected chi connectivity index (χ3v) is 2.41. The lowest BCUT2D eigenvalue weighted by Gasteiger charge is -2.17. The zero-order valence-electron chi connectivity index (χ0n) is 9.98. The van der Waals surface area contributed by atoms with Crippen molar-refractivity contribution < 1.29 is 9.53 Å². The molecule has 0 aliphatic rings. The van der Waals surface area contributed by atoms with Gasteiger partial charge >= 0.3 is 0 Å². The minimum atomic E-state index is -0.564. The van der Waals surface area contributed by atoms with Crippen molar-refractivity contribution in [2.75, 3.05) is 0 Å². The third kappa shape index (κ3) is 3.60. The summed E-state index contributed by atoms with van der Waals surface area (Å²) in [4.78, 5) is 11.4. The number of amides is 1. The van der Waals surface area contributed by atoms with Crippen LogP contribution in [0.25, 0.3) is 0 Å². The van der Waals surface area contributed by atoms with Gasteiger partial charge in [0.15, 0.2) is 6.10 Å². The Kier molecular flexibility index (Phi) is 5.23. The fourth-order valence-corrected chi connectivity index (χ4v) is 1.51.